The van der Waals surface area contributed by atoms with Gasteiger partial charge in [-0.25, -0.2) is 4.79 Å². The Morgan fingerprint density at radius 3 is 2.42 bits per heavy atom. The quantitative estimate of drug-likeness (QED) is 0.588. The summed E-state index contributed by atoms with van der Waals surface area (Å²) in [5.41, 5.74) is 2.37. The van der Waals surface area contributed by atoms with Crippen LogP contribution in [0.15, 0.2) is 53.2 Å². The van der Waals surface area contributed by atoms with Crippen LogP contribution in [0.1, 0.15) is 18.1 Å². The van der Waals surface area contributed by atoms with Crippen molar-refractivity contribution in [1.82, 2.24) is 0 Å². The molecule has 0 fully saturated rings. The van der Waals surface area contributed by atoms with E-state index in [1.54, 1.807) is 38.5 Å². The van der Waals surface area contributed by atoms with E-state index in [0.29, 0.717) is 35.0 Å². The van der Waals surface area contributed by atoms with E-state index in [1.807, 2.05) is 31.2 Å². The second-order valence-corrected chi connectivity index (χ2v) is 5.45. The van der Waals surface area contributed by atoms with Crippen LogP contribution in [0, 0.1) is 0 Å². The molecule has 0 amide bonds. The molecule has 3 rings (SSSR count). The smallest absolute Gasteiger partial charge is 0.368 e. The number of ether oxygens (including phenoxy) is 3. The molecule has 0 bridgehead atoms. The van der Waals surface area contributed by atoms with E-state index in [2.05, 4.69) is 5.16 Å². The first kappa shape index (κ1) is 17.5. The summed E-state index contributed by atoms with van der Waals surface area (Å²) in [6.45, 7) is 2.53. The van der Waals surface area contributed by atoms with Gasteiger partial charge in [-0.3, -0.25) is 0 Å². The fourth-order valence-electron chi connectivity index (χ4n) is 2.59. The van der Waals surface area contributed by atoms with Crippen LogP contribution >= 0.6 is 0 Å². The maximum atomic E-state index is 12.1. The Bertz CT molecular complexity index is 868. The van der Waals surface area contributed by atoms with Crippen molar-refractivity contribution < 1.29 is 23.8 Å². The van der Waals surface area contributed by atoms with Crippen molar-refractivity contribution in [2.24, 2.45) is 5.16 Å². The van der Waals surface area contributed by atoms with E-state index >= 15 is 0 Å². The van der Waals surface area contributed by atoms with Crippen molar-refractivity contribution in [2.75, 3.05) is 20.8 Å². The second kappa shape index (κ2) is 7.74. The zero-order valence-electron chi connectivity index (χ0n) is 14.8. The highest BCUT2D eigenvalue weighted by Gasteiger charge is 2.27. The molecule has 26 heavy (non-hydrogen) atoms. The van der Waals surface area contributed by atoms with E-state index in [9.17, 15) is 4.79 Å². The highest BCUT2D eigenvalue weighted by molar-refractivity contribution is 6.31. The van der Waals surface area contributed by atoms with Gasteiger partial charge in [0.1, 0.15) is 11.5 Å². The van der Waals surface area contributed by atoms with Crippen LogP contribution in [0.4, 0.5) is 0 Å². The number of oxime groups is 1. The Hall–Kier alpha value is -3.28. The highest BCUT2D eigenvalue weighted by Crippen LogP contribution is 2.30. The first-order chi connectivity index (χ1) is 12.7. The van der Waals surface area contributed by atoms with Gasteiger partial charge < -0.3 is 19.0 Å². The third-order valence-electron chi connectivity index (χ3n) is 3.85. The predicted octanol–water partition coefficient (Wildman–Crippen LogP) is 3.45. The molecule has 2 aromatic carbocycles. The summed E-state index contributed by atoms with van der Waals surface area (Å²) in [7, 11) is 3.12. The number of hydrogen-bond donors (Lipinski definition) is 0. The molecule has 6 nitrogen and oxygen atoms in total. The molecule has 0 aromatic heterocycles. The first-order valence-corrected chi connectivity index (χ1v) is 8.13. The molecule has 1 heterocycles. The van der Waals surface area contributed by atoms with Crippen LogP contribution in [0.2, 0.25) is 0 Å². The van der Waals surface area contributed by atoms with Crippen molar-refractivity contribution in [3.8, 4) is 17.2 Å². The van der Waals surface area contributed by atoms with Gasteiger partial charge in [0.25, 0.3) is 0 Å². The van der Waals surface area contributed by atoms with Crippen molar-refractivity contribution in [1.29, 1.82) is 0 Å². The summed E-state index contributed by atoms with van der Waals surface area (Å²) >= 11 is 0. The fraction of sp³-hybridized carbons (Fsp3) is 0.200. The Morgan fingerprint density at radius 2 is 1.77 bits per heavy atom. The lowest BCUT2D eigenvalue weighted by atomic mass is 10.00. The van der Waals surface area contributed by atoms with E-state index < -0.39 is 5.97 Å². The van der Waals surface area contributed by atoms with Crippen LogP contribution in [-0.2, 0) is 9.63 Å². The molecule has 6 heteroatoms. The molecule has 0 aliphatic carbocycles. The van der Waals surface area contributed by atoms with Gasteiger partial charge in [0.2, 0.25) is 0 Å². The van der Waals surface area contributed by atoms with Crippen LogP contribution in [0.25, 0.3) is 6.08 Å². The summed E-state index contributed by atoms with van der Waals surface area (Å²) in [6.07, 6.45) is 1.74. The zero-order valence-corrected chi connectivity index (χ0v) is 14.8. The number of rotatable bonds is 6. The molecule has 2 aromatic rings. The SMILES string of the molecule is CCOc1ccc(/C=C2\C(=O)ON=C2c2ccc(OC)c(OC)c2)cc1. The van der Waals surface area contributed by atoms with Crippen molar-refractivity contribution >= 4 is 17.8 Å². The Labute approximate surface area is 151 Å². The summed E-state index contributed by atoms with van der Waals surface area (Å²) in [6, 6.07) is 12.8. The van der Waals surface area contributed by atoms with E-state index in [0.717, 1.165) is 11.3 Å². The topological polar surface area (TPSA) is 66.4 Å². The van der Waals surface area contributed by atoms with Gasteiger partial charge in [0, 0.05) is 5.56 Å². The Kier molecular flexibility index (Phi) is 5.22. The average molecular weight is 353 g/mol. The molecule has 1 aliphatic rings. The lowest BCUT2D eigenvalue weighted by Gasteiger charge is -2.09. The Morgan fingerprint density at radius 1 is 1.04 bits per heavy atom. The minimum absolute atomic E-state index is 0.376. The summed E-state index contributed by atoms with van der Waals surface area (Å²) in [4.78, 5) is 17.0. The standard InChI is InChI=1S/C20H19NO5/c1-4-25-15-8-5-13(6-9-15)11-16-19(21-26-20(16)22)14-7-10-17(23-2)18(12-14)24-3/h5-12H,4H2,1-3H3/b16-11-. The number of nitrogens with zero attached hydrogens (tertiary/aromatic N) is 1. The van der Waals surface area contributed by atoms with Gasteiger partial charge in [0.05, 0.1) is 26.4 Å². The molecule has 0 atom stereocenters. The molecule has 134 valence electrons. The maximum Gasteiger partial charge on any atom is 0.368 e. The van der Waals surface area contributed by atoms with Gasteiger partial charge in [-0.05, 0) is 48.9 Å². The highest BCUT2D eigenvalue weighted by atomic mass is 16.7. The molecule has 0 saturated carbocycles. The molecule has 0 saturated heterocycles. The largest absolute Gasteiger partial charge is 0.494 e. The average Bonchev–Trinajstić information content (AvgIpc) is 3.03. The molecular formula is C20H19NO5. The third-order valence-corrected chi connectivity index (χ3v) is 3.85. The molecular weight excluding hydrogens is 334 g/mol. The predicted molar refractivity (Wildman–Crippen MR) is 97.8 cm³/mol. The van der Waals surface area contributed by atoms with Crippen LogP contribution < -0.4 is 14.2 Å². The third kappa shape index (κ3) is 3.54. The number of carbonyl (C=O) groups is 1. The van der Waals surface area contributed by atoms with Crippen LogP contribution in [0.3, 0.4) is 0 Å². The zero-order chi connectivity index (χ0) is 18.5. The Balaban J connectivity index is 1.94. The maximum absolute atomic E-state index is 12.1. The lowest BCUT2D eigenvalue weighted by molar-refractivity contribution is -0.136. The van der Waals surface area contributed by atoms with Crippen molar-refractivity contribution in [3.05, 3.63) is 59.2 Å². The van der Waals surface area contributed by atoms with Crippen molar-refractivity contribution in [3.63, 3.8) is 0 Å². The normalized spacial score (nSPS) is 14.8. The minimum Gasteiger partial charge on any atom is -0.494 e. The summed E-state index contributed by atoms with van der Waals surface area (Å²) < 4.78 is 16.0. The molecule has 0 radical (unpaired) electrons. The van der Waals surface area contributed by atoms with Crippen molar-refractivity contribution in [2.45, 2.75) is 6.92 Å². The number of hydrogen-bond acceptors (Lipinski definition) is 6. The van der Waals surface area contributed by atoms with Crippen LogP contribution in [0.5, 0.6) is 17.2 Å². The molecule has 0 unspecified atom stereocenters. The molecule has 1 aliphatic heterocycles. The van der Waals surface area contributed by atoms with E-state index in [-0.39, 0.29) is 0 Å². The lowest BCUT2D eigenvalue weighted by Crippen LogP contribution is -2.07. The van der Waals surface area contributed by atoms with Gasteiger partial charge in [-0.2, -0.15) is 0 Å². The fourth-order valence-corrected chi connectivity index (χ4v) is 2.59. The van der Waals surface area contributed by atoms with E-state index in [4.69, 9.17) is 19.0 Å². The van der Waals surface area contributed by atoms with Gasteiger partial charge in [0.15, 0.2) is 11.5 Å². The molecule has 0 spiro atoms. The van der Waals surface area contributed by atoms with Crippen LogP contribution in [-0.4, -0.2) is 32.5 Å². The number of carbonyl (C=O) groups excluding carboxylic acids is 1. The number of methoxy groups -OCH3 is 2. The summed E-state index contributed by atoms with van der Waals surface area (Å²) in [5.74, 6) is 1.42. The van der Waals surface area contributed by atoms with Gasteiger partial charge in [-0.1, -0.05) is 17.3 Å². The second-order valence-electron chi connectivity index (χ2n) is 5.45. The van der Waals surface area contributed by atoms with E-state index in [1.165, 1.54) is 0 Å². The first-order valence-electron chi connectivity index (χ1n) is 8.13. The van der Waals surface area contributed by atoms with Gasteiger partial charge >= 0.3 is 5.97 Å². The van der Waals surface area contributed by atoms with Gasteiger partial charge in [-0.15, -0.1) is 0 Å². The minimum atomic E-state index is -0.497. The molecule has 0 N–H and O–H groups in total. The monoisotopic (exact) mass is 353 g/mol. The summed E-state index contributed by atoms with van der Waals surface area (Å²) in [5, 5.41) is 3.92. The number of benzene rings is 2.